The maximum Gasteiger partial charge on any atom is 0.290 e. The van der Waals surface area contributed by atoms with E-state index in [0.717, 1.165) is 10.2 Å². The molecule has 0 saturated carbocycles. The van der Waals surface area contributed by atoms with Crippen LogP contribution in [-0.4, -0.2) is 46.2 Å². The fourth-order valence-corrected chi connectivity index (χ4v) is 3.73. The summed E-state index contributed by atoms with van der Waals surface area (Å²) in [5.74, 6) is 0.496. The van der Waals surface area contributed by atoms with Crippen LogP contribution in [0.5, 0.6) is 17.2 Å². The molecule has 1 aromatic heterocycles. The number of phenolic OH excluding ortho intramolecular Hbond substituents is 1. The van der Waals surface area contributed by atoms with Gasteiger partial charge in [0.25, 0.3) is 17.0 Å². The summed E-state index contributed by atoms with van der Waals surface area (Å²) in [4.78, 5) is 40.1. The number of benzene rings is 2. The number of aromatic hydroxyl groups is 1. The summed E-state index contributed by atoms with van der Waals surface area (Å²) in [7, 11) is 6.08. The third-order valence-electron chi connectivity index (χ3n) is 5.91. The van der Waals surface area contributed by atoms with Crippen molar-refractivity contribution in [1.82, 2.24) is 14.3 Å². The SMILES string of the molecule is C[C@@H](Nc1c(Nc2cccc(C(=O)N(C)C)c2O)c(=O)n(C)n(C)c1=O)c1ccc2c(c1)OCO2. The molecule has 1 amide bonds. The predicted molar refractivity (Wildman–Crippen MR) is 131 cm³/mol. The number of nitrogens with zero attached hydrogens (tertiary/aromatic N) is 3. The van der Waals surface area contributed by atoms with Crippen molar-refractivity contribution in [3.8, 4) is 17.2 Å². The zero-order chi connectivity index (χ0) is 25.4. The number of ether oxygens (including phenoxy) is 2. The first kappa shape index (κ1) is 23.7. The molecular formula is C24H27N5O6. The number of nitrogens with one attached hydrogen (secondary N) is 2. The Labute approximate surface area is 201 Å². The van der Waals surface area contributed by atoms with Crippen molar-refractivity contribution in [1.29, 1.82) is 0 Å². The first-order valence-corrected chi connectivity index (χ1v) is 10.9. The van der Waals surface area contributed by atoms with Gasteiger partial charge in [-0.3, -0.25) is 14.4 Å². The highest BCUT2D eigenvalue weighted by Gasteiger charge is 2.23. The third kappa shape index (κ3) is 4.27. The average Bonchev–Trinajstić information content (AvgIpc) is 3.32. The first-order chi connectivity index (χ1) is 16.6. The van der Waals surface area contributed by atoms with Gasteiger partial charge in [0.1, 0.15) is 11.4 Å². The van der Waals surface area contributed by atoms with Gasteiger partial charge in [-0.05, 0) is 36.8 Å². The molecule has 0 saturated heterocycles. The molecule has 0 aliphatic carbocycles. The van der Waals surface area contributed by atoms with E-state index in [1.807, 2.05) is 13.0 Å². The Morgan fingerprint density at radius 2 is 1.69 bits per heavy atom. The molecule has 0 radical (unpaired) electrons. The zero-order valence-electron chi connectivity index (χ0n) is 20.1. The van der Waals surface area contributed by atoms with Gasteiger partial charge in [0.05, 0.1) is 11.3 Å². The number of hydrogen-bond acceptors (Lipinski definition) is 8. The molecule has 0 fully saturated rings. The monoisotopic (exact) mass is 481 g/mol. The van der Waals surface area contributed by atoms with Gasteiger partial charge in [0, 0.05) is 34.2 Å². The van der Waals surface area contributed by atoms with Gasteiger partial charge in [-0.1, -0.05) is 12.1 Å². The number of fused-ring (bicyclic) bond motifs is 1. The minimum atomic E-state index is -0.503. The van der Waals surface area contributed by atoms with Crippen LogP contribution in [0, 0.1) is 0 Å². The molecule has 1 aliphatic heterocycles. The molecule has 35 heavy (non-hydrogen) atoms. The van der Waals surface area contributed by atoms with Crippen LogP contribution in [0.1, 0.15) is 28.9 Å². The smallest absolute Gasteiger partial charge is 0.290 e. The summed E-state index contributed by atoms with van der Waals surface area (Å²) in [5, 5.41) is 16.7. The quantitative estimate of drug-likeness (QED) is 0.457. The Morgan fingerprint density at radius 1 is 1.03 bits per heavy atom. The summed E-state index contributed by atoms with van der Waals surface area (Å²) in [6.07, 6.45) is 0. The van der Waals surface area contributed by atoms with Gasteiger partial charge >= 0.3 is 0 Å². The van der Waals surface area contributed by atoms with E-state index >= 15 is 0 Å². The normalized spacial score (nSPS) is 12.8. The summed E-state index contributed by atoms with van der Waals surface area (Å²) in [6.45, 7) is 1.98. The van der Waals surface area contributed by atoms with Crippen LogP contribution in [0.3, 0.4) is 0 Å². The van der Waals surface area contributed by atoms with E-state index < -0.39 is 17.0 Å². The molecule has 11 nitrogen and oxygen atoms in total. The number of carbonyl (C=O) groups excluding carboxylic acids is 1. The molecule has 0 spiro atoms. The van der Waals surface area contributed by atoms with Crippen molar-refractivity contribution in [2.45, 2.75) is 13.0 Å². The van der Waals surface area contributed by atoms with Gasteiger partial charge in [-0.25, -0.2) is 9.36 Å². The van der Waals surface area contributed by atoms with Gasteiger partial charge in [0.15, 0.2) is 17.2 Å². The molecule has 1 aliphatic rings. The number of amides is 1. The van der Waals surface area contributed by atoms with Crippen molar-refractivity contribution in [2.24, 2.45) is 14.1 Å². The van der Waals surface area contributed by atoms with Crippen molar-refractivity contribution in [3.05, 3.63) is 68.2 Å². The highest BCUT2D eigenvalue weighted by atomic mass is 16.7. The van der Waals surface area contributed by atoms with E-state index in [2.05, 4.69) is 10.6 Å². The second-order valence-electron chi connectivity index (χ2n) is 8.41. The number of anilines is 3. The number of hydrogen-bond donors (Lipinski definition) is 3. The minimum Gasteiger partial charge on any atom is -0.505 e. The average molecular weight is 482 g/mol. The van der Waals surface area contributed by atoms with Crippen LogP contribution in [-0.2, 0) is 14.1 Å². The van der Waals surface area contributed by atoms with E-state index in [4.69, 9.17) is 9.47 Å². The lowest BCUT2D eigenvalue weighted by molar-refractivity contribution is 0.0824. The minimum absolute atomic E-state index is 0.0181. The van der Waals surface area contributed by atoms with Crippen LogP contribution in [0.25, 0.3) is 0 Å². The zero-order valence-corrected chi connectivity index (χ0v) is 20.1. The highest BCUT2D eigenvalue weighted by molar-refractivity contribution is 5.98. The summed E-state index contributed by atoms with van der Waals surface area (Å²) >= 11 is 0. The van der Waals surface area contributed by atoms with E-state index in [1.54, 1.807) is 32.3 Å². The van der Waals surface area contributed by atoms with Crippen LogP contribution in [0.2, 0.25) is 0 Å². The Balaban J connectivity index is 1.76. The van der Waals surface area contributed by atoms with E-state index in [0.29, 0.717) is 11.5 Å². The number of phenols is 1. The maximum absolute atomic E-state index is 13.2. The Bertz CT molecular complexity index is 1430. The van der Waals surface area contributed by atoms with Crippen molar-refractivity contribution >= 4 is 23.0 Å². The molecule has 3 aromatic rings. The van der Waals surface area contributed by atoms with Gasteiger partial charge in [-0.2, -0.15) is 0 Å². The Morgan fingerprint density at radius 3 is 2.37 bits per heavy atom. The molecular weight excluding hydrogens is 454 g/mol. The largest absolute Gasteiger partial charge is 0.505 e. The van der Waals surface area contributed by atoms with Gasteiger partial charge < -0.3 is 30.1 Å². The molecule has 4 rings (SSSR count). The van der Waals surface area contributed by atoms with Crippen LogP contribution >= 0.6 is 0 Å². The fourth-order valence-electron chi connectivity index (χ4n) is 3.73. The van der Waals surface area contributed by atoms with Crippen LogP contribution < -0.4 is 31.2 Å². The molecule has 11 heteroatoms. The molecule has 0 bridgehead atoms. The summed E-state index contributed by atoms with van der Waals surface area (Å²) in [5.41, 5.74) is -0.0223. The van der Waals surface area contributed by atoms with E-state index in [1.165, 1.54) is 35.8 Å². The maximum atomic E-state index is 13.2. The Hall–Kier alpha value is -4.41. The first-order valence-electron chi connectivity index (χ1n) is 10.9. The van der Waals surface area contributed by atoms with Crippen molar-refractivity contribution < 1.29 is 19.4 Å². The van der Waals surface area contributed by atoms with Crippen molar-refractivity contribution in [2.75, 3.05) is 31.5 Å². The van der Waals surface area contributed by atoms with E-state index in [9.17, 15) is 19.5 Å². The van der Waals surface area contributed by atoms with E-state index in [-0.39, 0.29) is 41.2 Å². The topological polar surface area (TPSA) is 127 Å². The van der Waals surface area contributed by atoms with Crippen LogP contribution in [0.15, 0.2) is 46.0 Å². The second kappa shape index (κ2) is 9.09. The number of aromatic nitrogens is 2. The van der Waals surface area contributed by atoms with Gasteiger partial charge in [0.2, 0.25) is 6.79 Å². The molecule has 0 unspecified atom stereocenters. The lowest BCUT2D eigenvalue weighted by atomic mass is 10.1. The Kier molecular flexibility index (Phi) is 6.16. The predicted octanol–water partition coefficient (Wildman–Crippen LogP) is 2.14. The fraction of sp³-hybridized carbons (Fsp3) is 0.292. The summed E-state index contributed by atoms with van der Waals surface area (Å²) in [6, 6.07) is 9.61. The number of carbonyl (C=O) groups is 1. The number of rotatable bonds is 6. The van der Waals surface area contributed by atoms with Crippen molar-refractivity contribution in [3.63, 3.8) is 0 Å². The standard InChI is InChI=1S/C24H27N5O6/c1-13(14-9-10-17-18(11-14)35-12-34-17)25-19-20(24(33)29(5)28(4)23(19)32)26-16-8-6-7-15(21(16)30)22(31)27(2)3/h6-11,13,25-26,30H,12H2,1-5H3/t13-/m1/s1. The third-order valence-corrected chi connectivity index (χ3v) is 5.91. The molecule has 3 N–H and O–H groups in total. The molecule has 1 atom stereocenters. The van der Waals surface area contributed by atoms with Gasteiger partial charge in [-0.15, -0.1) is 0 Å². The number of para-hydroxylation sites is 1. The molecule has 184 valence electrons. The highest BCUT2D eigenvalue weighted by Crippen LogP contribution is 2.36. The molecule has 2 heterocycles. The second-order valence-corrected chi connectivity index (χ2v) is 8.41. The van der Waals surface area contributed by atoms with Crippen LogP contribution in [0.4, 0.5) is 17.1 Å². The molecule has 2 aromatic carbocycles. The lowest BCUT2D eigenvalue weighted by Crippen LogP contribution is -2.38. The lowest BCUT2D eigenvalue weighted by Gasteiger charge is -2.21. The summed E-state index contributed by atoms with van der Waals surface area (Å²) < 4.78 is 13.1.